The van der Waals surface area contributed by atoms with E-state index in [1.165, 1.54) is 34.5 Å². The molecule has 0 aliphatic rings. The van der Waals surface area contributed by atoms with Gasteiger partial charge in [0.15, 0.2) is 5.13 Å². The normalized spacial score (nSPS) is 11.2. The minimum Gasteiger partial charge on any atom is -0.298 e. The van der Waals surface area contributed by atoms with Crippen molar-refractivity contribution in [3.63, 3.8) is 0 Å². The van der Waals surface area contributed by atoms with E-state index in [4.69, 9.17) is 0 Å². The Morgan fingerprint density at radius 3 is 2.45 bits per heavy atom. The van der Waals surface area contributed by atoms with Gasteiger partial charge in [0.25, 0.3) is 5.91 Å². The first-order chi connectivity index (χ1) is 15.8. The average Bonchev–Trinajstić information content (AvgIpc) is 3.27. The van der Waals surface area contributed by atoms with Gasteiger partial charge in [0.05, 0.1) is 23.2 Å². The third kappa shape index (κ3) is 5.59. The lowest BCUT2D eigenvalue weighted by Crippen LogP contribution is -2.24. The van der Waals surface area contributed by atoms with E-state index < -0.39 is 10.0 Å². The van der Waals surface area contributed by atoms with Crippen molar-refractivity contribution in [3.8, 4) is 11.3 Å². The van der Waals surface area contributed by atoms with Gasteiger partial charge < -0.3 is 0 Å². The third-order valence-electron chi connectivity index (χ3n) is 4.72. The second-order valence-electron chi connectivity index (χ2n) is 7.04. The number of hydrogen-bond acceptors (Lipinski definition) is 7. The molecule has 10 heteroatoms. The molecule has 1 N–H and O–H groups in total. The first-order valence-electron chi connectivity index (χ1n) is 9.80. The molecule has 0 fully saturated rings. The van der Waals surface area contributed by atoms with Crippen molar-refractivity contribution in [1.82, 2.24) is 9.97 Å². The largest absolute Gasteiger partial charge is 0.298 e. The highest BCUT2D eigenvalue weighted by atomic mass is 32.2. The van der Waals surface area contributed by atoms with Crippen LogP contribution in [0.15, 0.2) is 88.2 Å². The van der Waals surface area contributed by atoms with Crippen molar-refractivity contribution >= 4 is 49.8 Å². The number of rotatable bonds is 7. The molecule has 2 heterocycles. The standard InChI is InChI=1S/C23H20N4O3S3/c1-27(33(2,29)30)17-12-10-16(11-13-17)20-15-31-23(25-20)26-21(28)19-9-6-14-24-22(19)32-18-7-4-3-5-8-18/h3-15H,1-2H3,(H,25,26,28). The van der Waals surface area contributed by atoms with E-state index >= 15 is 0 Å². The molecule has 0 radical (unpaired) electrons. The quantitative estimate of drug-likeness (QED) is 0.387. The SMILES string of the molecule is CN(c1ccc(-c2csc(NC(=O)c3cccnc3Sc3ccccc3)n2)cc1)S(C)(=O)=O. The molecule has 2 aromatic heterocycles. The van der Waals surface area contributed by atoms with Crippen molar-refractivity contribution in [3.05, 3.63) is 83.9 Å². The Hall–Kier alpha value is -3.21. The van der Waals surface area contributed by atoms with Crippen LogP contribution in [0, 0.1) is 0 Å². The van der Waals surface area contributed by atoms with Gasteiger partial charge >= 0.3 is 0 Å². The summed E-state index contributed by atoms with van der Waals surface area (Å²) in [6.07, 6.45) is 2.82. The van der Waals surface area contributed by atoms with Gasteiger partial charge in [-0.3, -0.25) is 14.4 Å². The number of aromatic nitrogens is 2. The first-order valence-corrected chi connectivity index (χ1v) is 13.3. The zero-order valence-corrected chi connectivity index (χ0v) is 20.2. The summed E-state index contributed by atoms with van der Waals surface area (Å²) < 4.78 is 24.6. The summed E-state index contributed by atoms with van der Waals surface area (Å²) in [6, 6.07) is 20.2. The van der Waals surface area contributed by atoms with Gasteiger partial charge in [0, 0.05) is 29.1 Å². The van der Waals surface area contributed by atoms with Gasteiger partial charge in [0.2, 0.25) is 10.0 Å². The fourth-order valence-electron chi connectivity index (χ4n) is 2.91. The first kappa shape index (κ1) is 23.0. The van der Waals surface area contributed by atoms with Gasteiger partial charge in [-0.15, -0.1) is 11.3 Å². The van der Waals surface area contributed by atoms with Crippen molar-refractivity contribution in [1.29, 1.82) is 0 Å². The van der Waals surface area contributed by atoms with E-state index in [1.54, 1.807) is 42.6 Å². The highest BCUT2D eigenvalue weighted by molar-refractivity contribution is 7.99. The minimum atomic E-state index is -3.33. The number of benzene rings is 2. The second-order valence-corrected chi connectivity index (χ2v) is 11.0. The van der Waals surface area contributed by atoms with Crippen LogP contribution in [0.25, 0.3) is 11.3 Å². The van der Waals surface area contributed by atoms with E-state index in [0.717, 1.165) is 16.7 Å². The minimum absolute atomic E-state index is 0.285. The number of sulfonamides is 1. The molecule has 0 saturated heterocycles. The number of hydrogen-bond donors (Lipinski definition) is 1. The molecule has 0 aliphatic carbocycles. The predicted molar refractivity (Wildman–Crippen MR) is 134 cm³/mol. The van der Waals surface area contributed by atoms with E-state index in [9.17, 15) is 13.2 Å². The molecule has 2 aromatic carbocycles. The lowest BCUT2D eigenvalue weighted by atomic mass is 10.1. The van der Waals surface area contributed by atoms with Crippen molar-refractivity contribution in [2.75, 3.05) is 22.9 Å². The van der Waals surface area contributed by atoms with Gasteiger partial charge in [-0.25, -0.2) is 18.4 Å². The Balaban J connectivity index is 1.49. The molecule has 1 amide bonds. The maximum Gasteiger partial charge on any atom is 0.260 e. The number of pyridine rings is 1. The predicted octanol–water partition coefficient (Wildman–Crippen LogP) is 5.00. The van der Waals surface area contributed by atoms with E-state index in [2.05, 4.69) is 15.3 Å². The lowest BCUT2D eigenvalue weighted by Gasteiger charge is -2.16. The Labute approximate surface area is 200 Å². The molecule has 0 saturated carbocycles. The smallest absolute Gasteiger partial charge is 0.260 e. The topological polar surface area (TPSA) is 92.3 Å². The molecule has 0 spiro atoms. The Morgan fingerprint density at radius 1 is 1.03 bits per heavy atom. The number of nitrogens with one attached hydrogen (secondary N) is 1. The molecule has 4 aromatic rings. The third-order valence-corrected chi connectivity index (χ3v) is 7.71. The molecular formula is C23H20N4O3S3. The highest BCUT2D eigenvalue weighted by Crippen LogP contribution is 2.30. The van der Waals surface area contributed by atoms with E-state index in [0.29, 0.717) is 27.1 Å². The van der Waals surface area contributed by atoms with Crippen LogP contribution in [0.4, 0.5) is 10.8 Å². The van der Waals surface area contributed by atoms with Crippen LogP contribution >= 0.6 is 23.1 Å². The van der Waals surface area contributed by atoms with Crippen LogP contribution in [0.2, 0.25) is 0 Å². The number of amides is 1. The van der Waals surface area contributed by atoms with Crippen LogP contribution in [0.3, 0.4) is 0 Å². The molecule has 0 aliphatic heterocycles. The summed E-state index contributed by atoms with van der Waals surface area (Å²) in [4.78, 5) is 22.8. The van der Waals surface area contributed by atoms with Crippen molar-refractivity contribution in [2.45, 2.75) is 9.92 Å². The summed E-state index contributed by atoms with van der Waals surface area (Å²) in [5.74, 6) is -0.285. The summed E-state index contributed by atoms with van der Waals surface area (Å²) in [5, 5.41) is 5.77. The maximum atomic E-state index is 12.9. The van der Waals surface area contributed by atoms with Crippen molar-refractivity contribution < 1.29 is 13.2 Å². The van der Waals surface area contributed by atoms with Gasteiger partial charge in [-0.2, -0.15) is 0 Å². The number of carbonyl (C=O) groups is 1. The van der Waals surface area contributed by atoms with Crippen LogP contribution in [0.5, 0.6) is 0 Å². The summed E-state index contributed by atoms with van der Waals surface area (Å²) in [5.41, 5.74) is 2.54. The molecular weight excluding hydrogens is 476 g/mol. The fourth-order valence-corrected chi connectivity index (χ4v) is 5.03. The summed E-state index contributed by atoms with van der Waals surface area (Å²) in [7, 11) is -1.82. The zero-order valence-electron chi connectivity index (χ0n) is 17.8. The molecule has 33 heavy (non-hydrogen) atoms. The van der Waals surface area contributed by atoms with Crippen LogP contribution < -0.4 is 9.62 Å². The lowest BCUT2D eigenvalue weighted by molar-refractivity contribution is 0.102. The molecule has 4 rings (SSSR count). The van der Waals surface area contributed by atoms with Gasteiger partial charge in [-0.05, 0) is 36.4 Å². The van der Waals surface area contributed by atoms with Crippen LogP contribution in [-0.2, 0) is 10.0 Å². The van der Waals surface area contributed by atoms with E-state index in [1.807, 2.05) is 35.7 Å². The maximum absolute atomic E-state index is 12.9. The highest BCUT2D eigenvalue weighted by Gasteiger charge is 2.16. The van der Waals surface area contributed by atoms with Gasteiger partial charge in [-0.1, -0.05) is 42.1 Å². The number of anilines is 2. The Morgan fingerprint density at radius 2 is 1.76 bits per heavy atom. The fraction of sp³-hybridized carbons (Fsp3) is 0.0870. The molecule has 0 unspecified atom stereocenters. The Kier molecular flexibility index (Phi) is 6.77. The average molecular weight is 497 g/mol. The molecule has 0 atom stereocenters. The number of carbonyl (C=O) groups excluding carboxylic acids is 1. The molecule has 168 valence electrons. The summed E-state index contributed by atoms with van der Waals surface area (Å²) >= 11 is 2.74. The monoisotopic (exact) mass is 496 g/mol. The second kappa shape index (κ2) is 9.74. The zero-order chi connectivity index (χ0) is 23.4. The number of thiazole rings is 1. The summed E-state index contributed by atoms with van der Waals surface area (Å²) in [6.45, 7) is 0. The van der Waals surface area contributed by atoms with Gasteiger partial charge in [0.1, 0.15) is 5.03 Å². The number of nitrogens with zero attached hydrogens (tertiary/aromatic N) is 3. The molecule has 7 nitrogen and oxygen atoms in total. The molecule has 0 bridgehead atoms. The Bertz CT molecular complexity index is 1370. The van der Waals surface area contributed by atoms with Crippen molar-refractivity contribution in [2.24, 2.45) is 0 Å². The van der Waals surface area contributed by atoms with Crippen LogP contribution in [-0.4, -0.2) is 37.6 Å². The van der Waals surface area contributed by atoms with Crippen LogP contribution in [0.1, 0.15) is 10.4 Å². The van der Waals surface area contributed by atoms with E-state index in [-0.39, 0.29) is 5.91 Å².